The van der Waals surface area contributed by atoms with E-state index in [0.29, 0.717) is 18.7 Å². The number of anilines is 1. The van der Waals surface area contributed by atoms with Gasteiger partial charge < -0.3 is 15.4 Å². The molecule has 0 bridgehead atoms. The number of halogens is 2. The van der Waals surface area contributed by atoms with Gasteiger partial charge >= 0.3 is 6.61 Å². The molecule has 0 radical (unpaired) electrons. The van der Waals surface area contributed by atoms with E-state index in [1.54, 1.807) is 41.5 Å². The molecule has 0 unspecified atom stereocenters. The number of carbonyl (C=O) groups excluding carboxylic acids is 1. The number of nitrogens with one attached hydrogen (secondary N) is 2. The Kier molecular flexibility index (Phi) is 6.29. The van der Waals surface area contributed by atoms with E-state index in [-0.39, 0.29) is 34.7 Å². The van der Waals surface area contributed by atoms with Gasteiger partial charge in [0.25, 0.3) is 5.91 Å². The van der Waals surface area contributed by atoms with Gasteiger partial charge in [-0.3, -0.25) is 9.48 Å². The van der Waals surface area contributed by atoms with Gasteiger partial charge in [-0.05, 0) is 30.5 Å². The molecule has 5 rings (SSSR count). The van der Waals surface area contributed by atoms with Crippen LogP contribution in [0.1, 0.15) is 16.8 Å². The molecule has 1 aliphatic rings. The number of rotatable bonds is 8. The lowest BCUT2D eigenvalue weighted by molar-refractivity contribution is -0.0495. The van der Waals surface area contributed by atoms with Crippen molar-refractivity contribution in [3.63, 3.8) is 0 Å². The van der Waals surface area contributed by atoms with Gasteiger partial charge in [0.15, 0.2) is 5.65 Å². The smallest absolute Gasteiger partial charge is 0.387 e. The molecule has 184 valence electrons. The van der Waals surface area contributed by atoms with Gasteiger partial charge in [-0.15, -0.1) is 11.8 Å². The zero-order valence-corrected chi connectivity index (χ0v) is 19.8. The van der Waals surface area contributed by atoms with Gasteiger partial charge in [-0.2, -0.15) is 24.2 Å². The summed E-state index contributed by atoms with van der Waals surface area (Å²) in [7, 11) is 0. The Labute approximate surface area is 208 Å². The summed E-state index contributed by atoms with van der Waals surface area (Å²) in [4.78, 5) is 18.3. The number of thioether (sulfide) groups is 1. The predicted octanol–water partition coefficient (Wildman–Crippen LogP) is 3.38. The maximum atomic E-state index is 13.3. The highest BCUT2D eigenvalue weighted by atomic mass is 32.2. The van der Waals surface area contributed by atoms with E-state index < -0.39 is 18.1 Å². The lowest BCUT2D eigenvalue weighted by Crippen LogP contribution is -2.60. The lowest BCUT2D eigenvalue weighted by atomic mass is 9.89. The fourth-order valence-corrected chi connectivity index (χ4v) is 4.47. The molecule has 4 heterocycles. The molecular weight excluding hydrogens is 490 g/mol. The monoisotopic (exact) mass is 510 g/mol. The Bertz CT molecular complexity index is 1470. The molecule has 2 N–H and O–H groups in total. The second kappa shape index (κ2) is 9.56. The molecule has 0 atom stereocenters. The van der Waals surface area contributed by atoms with Crippen LogP contribution >= 0.6 is 11.8 Å². The first-order chi connectivity index (χ1) is 17.4. The number of aromatic nitrogens is 5. The van der Waals surface area contributed by atoms with E-state index in [4.69, 9.17) is 4.74 Å². The number of carbonyl (C=O) groups is 1. The summed E-state index contributed by atoms with van der Waals surface area (Å²) in [5.74, 6) is -0.579. The maximum Gasteiger partial charge on any atom is 0.387 e. The fraction of sp³-hybridized carbons (Fsp3) is 0.261. The Balaban J connectivity index is 1.62. The highest BCUT2D eigenvalue weighted by molar-refractivity contribution is 7.98. The molecule has 1 aliphatic heterocycles. The predicted molar refractivity (Wildman–Crippen MR) is 128 cm³/mol. The summed E-state index contributed by atoms with van der Waals surface area (Å²) in [5, 5.41) is 24.2. The molecule has 0 spiro atoms. The zero-order valence-electron chi connectivity index (χ0n) is 19.0. The van der Waals surface area contributed by atoms with Crippen molar-refractivity contribution in [3.8, 4) is 23.1 Å². The molecule has 1 saturated heterocycles. The van der Waals surface area contributed by atoms with E-state index in [9.17, 15) is 18.8 Å². The van der Waals surface area contributed by atoms with Crippen molar-refractivity contribution in [1.82, 2.24) is 29.7 Å². The molecule has 4 aromatic rings. The largest absolute Gasteiger partial charge is 0.434 e. The molecule has 13 heteroatoms. The maximum absolute atomic E-state index is 13.3. The molecule has 10 nitrogen and oxygen atoms in total. The lowest BCUT2D eigenvalue weighted by Gasteiger charge is -2.41. The highest BCUT2D eigenvalue weighted by Crippen LogP contribution is 2.39. The molecular formula is C23H20F2N8O2S. The number of nitrogens with zero attached hydrogens (tertiary/aromatic N) is 6. The second-order valence-corrected chi connectivity index (χ2v) is 9.02. The van der Waals surface area contributed by atoms with Gasteiger partial charge in [0.1, 0.15) is 22.5 Å². The third-order valence-electron chi connectivity index (χ3n) is 5.95. The normalized spacial score (nSPS) is 14.4. The fourth-order valence-electron chi connectivity index (χ4n) is 4.03. The quantitative estimate of drug-likeness (QED) is 0.346. The first-order valence-corrected chi connectivity index (χ1v) is 12.1. The van der Waals surface area contributed by atoms with Crippen molar-refractivity contribution < 1.29 is 18.3 Å². The average molecular weight is 511 g/mol. The summed E-state index contributed by atoms with van der Waals surface area (Å²) in [5.41, 5.74) is 0.765. The Morgan fingerprint density at radius 2 is 2.25 bits per heavy atom. The van der Waals surface area contributed by atoms with E-state index >= 15 is 0 Å². The third kappa shape index (κ3) is 4.25. The number of ether oxygens (including phenoxy) is 1. The molecule has 0 aliphatic carbocycles. The minimum absolute atomic E-state index is 0.0812. The van der Waals surface area contributed by atoms with E-state index in [2.05, 4.69) is 31.9 Å². The van der Waals surface area contributed by atoms with Gasteiger partial charge in [-0.1, -0.05) is 0 Å². The van der Waals surface area contributed by atoms with Crippen molar-refractivity contribution in [2.75, 3.05) is 24.7 Å². The summed E-state index contributed by atoms with van der Waals surface area (Å²) in [6, 6.07) is 8.66. The van der Waals surface area contributed by atoms with Crippen molar-refractivity contribution in [2.24, 2.45) is 0 Å². The summed E-state index contributed by atoms with van der Waals surface area (Å²) < 4.78 is 34.3. The number of alkyl halides is 2. The van der Waals surface area contributed by atoms with Crippen LogP contribution in [0.5, 0.6) is 5.75 Å². The van der Waals surface area contributed by atoms with Gasteiger partial charge in [-0.25, -0.2) is 9.50 Å². The number of nitriles is 1. The Morgan fingerprint density at radius 1 is 1.42 bits per heavy atom. The SMILES string of the molecule is CSc1ccc(OC(F)F)c(-c2nn(C3(CC#N)CNC3)cc2NC(=O)c2cnn3cccnc23)c1. The van der Waals surface area contributed by atoms with Crippen LogP contribution in [-0.4, -0.2) is 56.2 Å². The third-order valence-corrected chi connectivity index (χ3v) is 6.67. The molecule has 36 heavy (non-hydrogen) atoms. The van der Waals surface area contributed by atoms with E-state index in [0.717, 1.165) is 4.90 Å². The molecule has 1 fully saturated rings. The summed E-state index contributed by atoms with van der Waals surface area (Å²) >= 11 is 1.42. The Hall–Kier alpha value is -4.02. The first kappa shape index (κ1) is 23.7. The highest BCUT2D eigenvalue weighted by Gasteiger charge is 2.40. The molecule has 0 saturated carbocycles. The molecule has 1 amide bonds. The van der Waals surface area contributed by atoms with Crippen LogP contribution in [0.3, 0.4) is 0 Å². The standard InChI is InChI=1S/C23H20F2N8O2S/c1-36-14-3-4-18(35-22(24)25)15(9-14)19-17(11-33(31-19)23(5-6-26)12-27-13-23)30-21(34)16-10-29-32-8-2-7-28-20(16)32/h2-4,7-11,22,27H,5,12-13H2,1H3,(H,30,34). The van der Waals surface area contributed by atoms with Gasteiger partial charge in [0.05, 0.1) is 24.4 Å². The van der Waals surface area contributed by atoms with Crippen molar-refractivity contribution >= 4 is 29.0 Å². The van der Waals surface area contributed by atoms with E-state index in [1.807, 2.05) is 6.26 Å². The number of hydrogen-bond donors (Lipinski definition) is 2. The minimum atomic E-state index is -3.05. The van der Waals surface area contributed by atoms with Crippen LogP contribution in [0.4, 0.5) is 14.5 Å². The first-order valence-electron chi connectivity index (χ1n) is 10.8. The van der Waals surface area contributed by atoms with Crippen LogP contribution in [-0.2, 0) is 5.54 Å². The molecule has 3 aromatic heterocycles. The average Bonchev–Trinajstić information content (AvgIpc) is 3.46. The van der Waals surface area contributed by atoms with Crippen molar-refractivity contribution in [3.05, 3.63) is 54.6 Å². The molecule has 1 aromatic carbocycles. The topological polar surface area (TPSA) is 122 Å². The summed E-state index contributed by atoms with van der Waals surface area (Å²) in [6.45, 7) is -2.05. The van der Waals surface area contributed by atoms with Crippen LogP contribution in [0.2, 0.25) is 0 Å². The number of benzene rings is 1. The van der Waals surface area contributed by atoms with Crippen LogP contribution < -0.4 is 15.4 Å². The van der Waals surface area contributed by atoms with Crippen LogP contribution in [0.25, 0.3) is 16.9 Å². The van der Waals surface area contributed by atoms with Crippen LogP contribution in [0, 0.1) is 11.3 Å². The number of amides is 1. The number of hydrogen-bond acceptors (Lipinski definition) is 8. The van der Waals surface area contributed by atoms with Crippen molar-refractivity contribution in [1.29, 1.82) is 5.26 Å². The minimum Gasteiger partial charge on any atom is -0.434 e. The zero-order chi connectivity index (χ0) is 25.3. The van der Waals surface area contributed by atoms with Gasteiger partial charge in [0, 0.05) is 42.1 Å². The number of fused-ring (bicyclic) bond motifs is 1. The van der Waals surface area contributed by atoms with E-state index in [1.165, 1.54) is 28.5 Å². The van der Waals surface area contributed by atoms with Crippen molar-refractivity contribution in [2.45, 2.75) is 23.5 Å². The second-order valence-electron chi connectivity index (χ2n) is 8.14. The Morgan fingerprint density at radius 3 is 2.94 bits per heavy atom. The van der Waals surface area contributed by atoms with Crippen LogP contribution in [0.15, 0.2) is 53.9 Å². The van der Waals surface area contributed by atoms with Gasteiger partial charge in [0.2, 0.25) is 0 Å². The summed E-state index contributed by atoms with van der Waals surface area (Å²) in [6.07, 6.45) is 8.26.